The molecule has 1 saturated heterocycles. The maximum absolute atomic E-state index is 12.8. The van der Waals surface area contributed by atoms with Crippen LogP contribution in [0.2, 0.25) is 0 Å². The summed E-state index contributed by atoms with van der Waals surface area (Å²) in [5.74, 6) is 0.382. The van der Waals surface area contributed by atoms with Crippen LogP contribution in [-0.2, 0) is 0 Å². The van der Waals surface area contributed by atoms with Crippen molar-refractivity contribution in [3.05, 3.63) is 52.1 Å². The molecule has 7 nitrogen and oxygen atoms in total. The van der Waals surface area contributed by atoms with E-state index in [0.29, 0.717) is 22.7 Å². The van der Waals surface area contributed by atoms with Gasteiger partial charge in [-0.3, -0.25) is 14.9 Å². The first kappa shape index (κ1) is 15.4. The van der Waals surface area contributed by atoms with Crippen molar-refractivity contribution in [2.45, 2.75) is 19.3 Å². The fourth-order valence-corrected chi connectivity index (χ4v) is 3.35. The summed E-state index contributed by atoms with van der Waals surface area (Å²) in [6.45, 7) is 1.54. The Bertz CT molecular complexity index is 859. The van der Waals surface area contributed by atoms with Gasteiger partial charge in [0.15, 0.2) is 5.75 Å². The highest BCUT2D eigenvalue weighted by molar-refractivity contribution is 6.12. The van der Waals surface area contributed by atoms with Crippen molar-refractivity contribution in [1.29, 1.82) is 0 Å². The number of carbonyl (C=O) groups excluding carboxylic acids is 1. The Morgan fingerprint density at radius 1 is 1.08 bits per heavy atom. The van der Waals surface area contributed by atoms with Gasteiger partial charge in [-0.25, -0.2) is 0 Å². The Morgan fingerprint density at radius 3 is 2.60 bits per heavy atom. The fourth-order valence-electron chi connectivity index (χ4n) is 3.35. The highest BCUT2D eigenvalue weighted by Gasteiger charge is 2.30. The van der Waals surface area contributed by atoms with Crippen LogP contribution >= 0.6 is 0 Å². The summed E-state index contributed by atoms with van der Waals surface area (Å²) < 4.78 is 5.88. The number of nitrogens with one attached hydrogen (secondary N) is 1. The molecule has 0 saturated carbocycles. The number of hydrogen-bond acceptors (Lipinski definition) is 5. The summed E-state index contributed by atoms with van der Waals surface area (Å²) >= 11 is 0. The minimum atomic E-state index is -0.453. The van der Waals surface area contributed by atoms with E-state index in [0.717, 1.165) is 32.4 Å². The van der Waals surface area contributed by atoms with Gasteiger partial charge in [0, 0.05) is 19.2 Å². The molecule has 25 heavy (non-hydrogen) atoms. The molecule has 2 heterocycles. The molecule has 0 bridgehead atoms. The number of para-hydroxylation sites is 2. The number of nitro groups is 1. The Balaban J connectivity index is 1.89. The van der Waals surface area contributed by atoms with Gasteiger partial charge < -0.3 is 15.0 Å². The second-order valence-electron chi connectivity index (χ2n) is 6.20. The van der Waals surface area contributed by atoms with Crippen molar-refractivity contribution in [3.63, 3.8) is 0 Å². The molecular formula is C18H17N3O4. The molecule has 0 aliphatic carbocycles. The van der Waals surface area contributed by atoms with Gasteiger partial charge in [-0.05, 0) is 31.4 Å². The van der Waals surface area contributed by atoms with Crippen molar-refractivity contribution < 1.29 is 14.5 Å². The lowest BCUT2D eigenvalue weighted by atomic mass is 10.0. The number of rotatable bonds is 2. The van der Waals surface area contributed by atoms with E-state index in [-0.39, 0.29) is 17.3 Å². The monoisotopic (exact) mass is 339 g/mol. The Hall–Kier alpha value is -3.09. The van der Waals surface area contributed by atoms with Gasteiger partial charge in [0.25, 0.3) is 11.6 Å². The van der Waals surface area contributed by atoms with E-state index in [2.05, 4.69) is 5.32 Å². The quantitative estimate of drug-likeness (QED) is 0.661. The van der Waals surface area contributed by atoms with Crippen LogP contribution in [0.5, 0.6) is 11.5 Å². The van der Waals surface area contributed by atoms with Crippen LogP contribution < -0.4 is 15.0 Å². The third kappa shape index (κ3) is 2.77. The maximum Gasteiger partial charge on any atom is 0.275 e. The number of fused-ring (bicyclic) bond motifs is 2. The lowest BCUT2D eigenvalue weighted by Crippen LogP contribution is -2.31. The molecule has 2 aromatic carbocycles. The van der Waals surface area contributed by atoms with Crippen LogP contribution in [-0.4, -0.2) is 23.9 Å². The van der Waals surface area contributed by atoms with Gasteiger partial charge in [-0.2, -0.15) is 0 Å². The zero-order valence-electron chi connectivity index (χ0n) is 13.5. The van der Waals surface area contributed by atoms with Crippen LogP contribution in [0.4, 0.5) is 17.1 Å². The number of carbonyl (C=O) groups is 1. The van der Waals surface area contributed by atoms with E-state index in [1.54, 1.807) is 24.3 Å². The maximum atomic E-state index is 12.8. The number of benzene rings is 2. The normalized spacial score (nSPS) is 16.2. The third-order valence-electron chi connectivity index (χ3n) is 4.56. The standard InChI is InChI=1S/C18H17N3O4/c22-18-17-14(20-8-4-1-5-9-20)10-12(21(23)24)11-16(17)25-15-7-3-2-6-13(15)19-18/h2-3,6-7,10-11H,1,4-5,8-9H2,(H,19,22). The molecule has 1 N–H and O–H groups in total. The molecule has 1 fully saturated rings. The molecule has 0 spiro atoms. The largest absolute Gasteiger partial charge is 0.454 e. The second-order valence-corrected chi connectivity index (χ2v) is 6.20. The van der Waals surface area contributed by atoms with E-state index >= 15 is 0 Å². The zero-order valence-corrected chi connectivity index (χ0v) is 13.5. The minimum absolute atomic E-state index is 0.0773. The first-order chi connectivity index (χ1) is 12.1. The molecule has 0 unspecified atom stereocenters. The zero-order chi connectivity index (χ0) is 17.4. The van der Waals surface area contributed by atoms with Crippen LogP contribution in [0, 0.1) is 10.1 Å². The Kier molecular flexibility index (Phi) is 3.76. The number of nitro benzene ring substituents is 1. The van der Waals surface area contributed by atoms with Gasteiger partial charge in [0.2, 0.25) is 0 Å². The average Bonchev–Trinajstić information content (AvgIpc) is 2.77. The molecule has 0 aromatic heterocycles. The summed E-state index contributed by atoms with van der Waals surface area (Å²) in [6.07, 6.45) is 3.13. The van der Waals surface area contributed by atoms with Crippen molar-refractivity contribution in [2.24, 2.45) is 0 Å². The molecule has 1 amide bonds. The van der Waals surface area contributed by atoms with Crippen LogP contribution in [0.3, 0.4) is 0 Å². The predicted molar refractivity (Wildman–Crippen MR) is 93.6 cm³/mol. The van der Waals surface area contributed by atoms with Crippen LogP contribution in [0.25, 0.3) is 0 Å². The molecule has 0 atom stereocenters. The Labute approximate surface area is 144 Å². The van der Waals surface area contributed by atoms with Gasteiger partial charge in [-0.15, -0.1) is 0 Å². The molecule has 128 valence electrons. The number of piperidine rings is 1. The van der Waals surface area contributed by atoms with E-state index < -0.39 is 4.92 Å². The van der Waals surface area contributed by atoms with Crippen LogP contribution in [0.1, 0.15) is 29.6 Å². The lowest BCUT2D eigenvalue weighted by molar-refractivity contribution is -0.384. The van der Waals surface area contributed by atoms with E-state index in [9.17, 15) is 14.9 Å². The summed E-state index contributed by atoms with van der Waals surface area (Å²) in [6, 6.07) is 9.86. The summed E-state index contributed by atoms with van der Waals surface area (Å²) in [4.78, 5) is 25.8. The summed E-state index contributed by atoms with van der Waals surface area (Å²) in [5, 5.41) is 14.2. The number of nitrogens with zero attached hydrogens (tertiary/aromatic N) is 2. The lowest BCUT2D eigenvalue weighted by Gasteiger charge is -2.30. The second kappa shape index (κ2) is 6.08. The Morgan fingerprint density at radius 2 is 1.84 bits per heavy atom. The highest BCUT2D eigenvalue weighted by Crippen LogP contribution is 2.42. The predicted octanol–water partition coefficient (Wildman–Crippen LogP) is 3.94. The SMILES string of the molecule is O=C1Nc2ccccc2Oc2cc([N+](=O)[O-])cc(N3CCCCC3)c21. The van der Waals surface area contributed by atoms with Crippen molar-refractivity contribution >= 4 is 23.0 Å². The van der Waals surface area contributed by atoms with Gasteiger partial charge >= 0.3 is 0 Å². The number of ether oxygens (including phenoxy) is 1. The van der Waals surface area contributed by atoms with E-state index in [1.807, 2.05) is 4.90 Å². The fraction of sp³-hybridized carbons (Fsp3) is 0.278. The summed E-state index contributed by atoms with van der Waals surface area (Å²) in [5.41, 5.74) is 1.39. The first-order valence-electron chi connectivity index (χ1n) is 8.29. The smallest absolute Gasteiger partial charge is 0.275 e. The number of non-ortho nitro benzene ring substituents is 1. The molecule has 2 aliphatic heterocycles. The average molecular weight is 339 g/mol. The summed E-state index contributed by atoms with van der Waals surface area (Å²) in [7, 11) is 0. The van der Waals surface area contributed by atoms with Gasteiger partial charge in [0.05, 0.1) is 22.4 Å². The molecule has 4 rings (SSSR count). The highest BCUT2D eigenvalue weighted by atomic mass is 16.6. The number of amides is 1. The minimum Gasteiger partial charge on any atom is -0.454 e. The van der Waals surface area contributed by atoms with Crippen molar-refractivity contribution in [2.75, 3.05) is 23.3 Å². The first-order valence-corrected chi connectivity index (χ1v) is 8.29. The molecule has 2 aromatic rings. The topological polar surface area (TPSA) is 84.7 Å². The molecular weight excluding hydrogens is 322 g/mol. The molecule has 2 aliphatic rings. The number of anilines is 2. The van der Waals surface area contributed by atoms with E-state index in [4.69, 9.17) is 4.74 Å². The van der Waals surface area contributed by atoms with Crippen molar-refractivity contribution in [1.82, 2.24) is 0 Å². The van der Waals surface area contributed by atoms with Crippen molar-refractivity contribution in [3.8, 4) is 11.5 Å². The number of hydrogen-bond donors (Lipinski definition) is 1. The van der Waals surface area contributed by atoms with Gasteiger partial charge in [-0.1, -0.05) is 12.1 Å². The van der Waals surface area contributed by atoms with Gasteiger partial charge in [0.1, 0.15) is 11.3 Å². The third-order valence-corrected chi connectivity index (χ3v) is 4.56. The molecule has 0 radical (unpaired) electrons. The molecule has 7 heteroatoms. The van der Waals surface area contributed by atoms with Crippen LogP contribution in [0.15, 0.2) is 36.4 Å². The van der Waals surface area contributed by atoms with E-state index in [1.165, 1.54) is 12.1 Å².